The fourth-order valence-electron chi connectivity index (χ4n) is 3.91. The van der Waals surface area contributed by atoms with E-state index in [4.69, 9.17) is 4.98 Å². The Balaban J connectivity index is 2.02. The Morgan fingerprint density at radius 1 is 1.16 bits per heavy atom. The molecule has 3 rings (SSSR count). The van der Waals surface area contributed by atoms with E-state index in [1.165, 1.54) is 6.42 Å². The van der Waals surface area contributed by atoms with Gasteiger partial charge in [0.15, 0.2) is 0 Å². The van der Waals surface area contributed by atoms with Crippen molar-refractivity contribution in [3.63, 3.8) is 0 Å². The molecule has 1 aliphatic heterocycles. The molecule has 0 spiro atoms. The summed E-state index contributed by atoms with van der Waals surface area (Å²) in [6.07, 6.45) is 6.86. The number of carbonyl (C=O) groups is 1. The minimum Gasteiger partial charge on any atom is -0.359 e. The average Bonchev–Trinajstić information content (AvgIpc) is 3.10. The molecule has 1 fully saturated rings. The highest BCUT2D eigenvalue weighted by Gasteiger charge is 2.31. The summed E-state index contributed by atoms with van der Waals surface area (Å²) in [5, 5.41) is 22.1. The fraction of sp³-hybridized carbons (Fsp3) is 0.579. The Morgan fingerprint density at radius 2 is 1.88 bits per heavy atom. The lowest BCUT2D eigenvalue weighted by Crippen LogP contribution is -2.31. The summed E-state index contributed by atoms with van der Waals surface area (Å²) in [4.78, 5) is 18.7. The Labute approximate surface area is 148 Å². The van der Waals surface area contributed by atoms with Gasteiger partial charge in [-0.1, -0.05) is 12.8 Å². The molecule has 6 heteroatoms. The molecule has 0 radical (unpaired) electrons. The number of amides is 1. The van der Waals surface area contributed by atoms with Crippen LogP contribution in [-0.4, -0.2) is 31.0 Å². The second kappa shape index (κ2) is 7.53. The predicted octanol–water partition coefficient (Wildman–Crippen LogP) is 2.06. The maximum absolute atomic E-state index is 11.9. The molecule has 1 aliphatic carbocycles. The first-order chi connectivity index (χ1) is 12.2. The SMILES string of the molecule is CNC(=O)C1CCN(c2nc3c(c(C#N)c2C#N)CCCCCC3)C1. The summed E-state index contributed by atoms with van der Waals surface area (Å²) >= 11 is 0. The van der Waals surface area contributed by atoms with Gasteiger partial charge < -0.3 is 10.2 Å². The van der Waals surface area contributed by atoms with E-state index < -0.39 is 0 Å². The van der Waals surface area contributed by atoms with Crippen LogP contribution in [-0.2, 0) is 17.6 Å². The molecule has 1 atom stereocenters. The quantitative estimate of drug-likeness (QED) is 0.891. The lowest BCUT2D eigenvalue weighted by atomic mass is 9.91. The molecule has 0 saturated carbocycles. The lowest BCUT2D eigenvalue weighted by Gasteiger charge is -2.23. The molecule has 2 aliphatic rings. The lowest BCUT2D eigenvalue weighted by molar-refractivity contribution is -0.123. The molecule has 25 heavy (non-hydrogen) atoms. The maximum Gasteiger partial charge on any atom is 0.224 e. The Morgan fingerprint density at radius 3 is 2.56 bits per heavy atom. The number of hydrogen-bond acceptors (Lipinski definition) is 5. The zero-order valence-corrected chi connectivity index (χ0v) is 14.6. The van der Waals surface area contributed by atoms with Gasteiger partial charge in [-0.25, -0.2) is 4.98 Å². The van der Waals surface area contributed by atoms with Crippen molar-refractivity contribution < 1.29 is 4.79 Å². The molecule has 130 valence electrons. The fourth-order valence-corrected chi connectivity index (χ4v) is 3.91. The Hall–Kier alpha value is -2.60. The Bertz CT molecular complexity index is 759. The van der Waals surface area contributed by atoms with Gasteiger partial charge in [0.05, 0.1) is 11.5 Å². The van der Waals surface area contributed by atoms with Crippen molar-refractivity contribution in [2.75, 3.05) is 25.0 Å². The van der Waals surface area contributed by atoms with Gasteiger partial charge >= 0.3 is 0 Å². The highest BCUT2D eigenvalue weighted by Crippen LogP contribution is 2.32. The first kappa shape index (κ1) is 17.2. The van der Waals surface area contributed by atoms with E-state index in [1.54, 1.807) is 7.05 Å². The summed E-state index contributed by atoms with van der Waals surface area (Å²) in [7, 11) is 1.64. The summed E-state index contributed by atoms with van der Waals surface area (Å²) in [5.41, 5.74) is 2.80. The molecule has 0 bridgehead atoms. The highest BCUT2D eigenvalue weighted by molar-refractivity contribution is 5.80. The van der Waals surface area contributed by atoms with Crippen LogP contribution in [0.2, 0.25) is 0 Å². The van der Waals surface area contributed by atoms with Crippen molar-refractivity contribution in [3.8, 4) is 12.1 Å². The second-order valence-electron chi connectivity index (χ2n) is 6.79. The number of anilines is 1. The van der Waals surface area contributed by atoms with Crippen molar-refractivity contribution in [2.45, 2.75) is 44.9 Å². The normalized spacial score (nSPS) is 20.0. The van der Waals surface area contributed by atoms with E-state index in [1.807, 2.05) is 4.90 Å². The molecule has 1 N–H and O–H groups in total. The minimum atomic E-state index is -0.0918. The molecule has 1 amide bonds. The van der Waals surface area contributed by atoms with Gasteiger partial charge in [-0.05, 0) is 37.7 Å². The van der Waals surface area contributed by atoms with Crippen LogP contribution in [0.3, 0.4) is 0 Å². The topological polar surface area (TPSA) is 92.8 Å². The zero-order valence-electron chi connectivity index (χ0n) is 14.6. The van der Waals surface area contributed by atoms with E-state index >= 15 is 0 Å². The number of nitriles is 2. The first-order valence-corrected chi connectivity index (χ1v) is 9.02. The van der Waals surface area contributed by atoms with Crippen molar-refractivity contribution in [3.05, 3.63) is 22.4 Å². The number of nitrogens with one attached hydrogen (secondary N) is 1. The van der Waals surface area contributed by atoms with Crippen LogP contribution in [0.5, 0.6) is 0 Å². The van der Waals surface area contributed by atoms with Crippen molar-refractivity contribution in [1.82, 2.24) is 10.3 Å². The zero-order chi connectivity index (χ0) is 17.8. The van der Waals surface area contributed by atoms with Crippen LogP contribution in [0.15, 0.2) is 0 Å². The van der Waals surface area contributed by atoms with Crippen LogP contribution in [0.1, 0.15) is 54.5 Å². The van der Waals surface area contributed by atoms with Crippen molar-refractivity contribution >= 4 is 11.7 Å². The van der Waals surface area contributed by atoms with Crippen molar-refractivity contribution in [1.29, 1.82) is 10.5 Å². The molecule has 1 aromatic heterocycles. The number of fused-ring (bicyclic) bond motifs is 1. The van der Waals surface area contributed by atoms with Crippen LogP contribution in [0.25, 0.3) is 0 Å². The molecular formula is C19H23N5O. The summed E-state index contributed by atoms with van der Waals surface area (Å²) in [6.45, 7) is 1.23. The summed E-state index contributed by atoms with van der Waals surface area (Å²) in [6, 6.07) is 4.47. The van der Waals surface area contributed by atoms with Crippen LogP contribution >= 0.6 is 0 Å². The third kappa shape index (κ3) is 3.30. The van der Waals surface area contributed by atoms with Gasteiger partial charge in [-0.15, -0.1) is 0 Å². The number of rotatable bonds is 2. The maximum atomic E-state index is 11.9. The molecule has 2 heterocycles. The van der Waals surface area contributed by atoms with Crippen LogP contribution in [0.4, 0.5) is 5.82 Å². The number of carbonyl (C=O) groups excluding carboxylic acids is 1. The van der Waals surface area contributed by atoms with E-state index in [2.05, 4.69) is 17.5 Å². The monoisotopic (exact) mass is 337 g/mol. The van der Waals surface area contributed by atoms with E-state index in [0.717, 1.165) is 49.8 Å². The number of aryl methyl sites for hydroxylation is 1. The molecule has 1 aromatic rings. The minimum absolute atomic E-state index is 0.0211. The summed E-state index contributed by atoms with van der Waals surface area (Å²) < 4.78 is 0. The van der Waals surface area contributed by atoms with E-state index in [-0.39, 0.29) is 11.8 Å². The molecule has 6 nitrogen and oxygen atoms in total. The van der Waals surface area contributed by atoms with Gasteiger partial charge in [0.2, 0.25) is 5.91 Å². The molecule has 1 unspecified atom stereocenters. The van der Waals surface area contributed by atoms with Gasteiger partial charge in [0, 0.05) is 25.8 Å². The van der Waals surface area contributed by atoms with Gasteiger partial charge in [0.25, 0.3) is 0 Å². The number of aromatic nitrogens is 1. The smallest absolute Gasteiger partial charge is 0.224 e. The molecule has 1 saturated heterocycles. The number of pyridine rings is 1. The third-order valence-electron chi connectivity index (χ3n) is 5.28. The summed E-state index contributed by atoms with van der Waals surface area (Å²) in [5.74, 6) is 0.517. The van der Waals surface area contributed by atoms with Gasteiger partial charge in [-0.3, -0.25) is 4.79 Å². The second-order valence-corrected chi connectivity index (χ2v) is 6.79. The van der Waals surface area contributed by atoms with Crippen molar-refractivity contribution in [2.24, 2.45) is 5.92 Å². The first-order valence-electron chi connectivity index (χ1n) is 9.02. The van der Waals surface area contributed by atoms with Gasteiger partial charge in [-0.2, -0.15) is 10.5 Å². The van der Waals surface area contributed by atoms with E-state index in [9.17, 15) is 15.3 Å². The number of nitrogens with zero attached hydrogens (tertiary/aromatic N) is 4. The van der Waals surface area contributed by atoms with Crippen LogP contribution < -0.4 is 10.2 Å². The largest absolute Gasteiger partial charge is 0.359 e. The molecule has 0 aromatic carbocycles. The van der Waals surface area contributed by atoms with Crippen LogP contribution in [0, 0.1) is 28.6 Å². The number of hydrogen-bond donors (Lipinski definition) is 1. The standard InChI is InChI=1S/C19H23N5O/c1-22-19(25)13-8-9-24(12-13)18-16(11-21)15(10-20)14-6-4-2-3-5-7-17(14)23-18/h13H,2-9,12H2,1H3,(H,22,25). The van der Waals surface area contributed by atoms with E-state index in [0.29, 0.717) is 30.0 Å². The van der Waals surface area contributed by atoms with Gasteiger partial charge in [0.1, 0.15) is 23.5 Å². The Kier molecular flexibility index (Phi) is 5.19. The predicted molar refractivity (Wildman–Crippen MR) is 93.9 cm³/mol. The molecular weight excluding hydrogens is 314 g/mol. The highest BCUT2D eigenvalue weighted by atomic mass is 16.1. The third-order valence-corrected chi connectivity index (χ3v) is 5.28. The average molecular weight is 337 g/mol.